The SMILES string of the molecule is Cc1ccsc1CN(Cc1ccc2c(c1)OCO2)C(=O)CN(C(=O)C1CC1)C(C)C. The summed E-state index contributed by atoms with van der Waals surface area (Å²) in [5.74, 6) is 1.60. The van der Waals surface area contributed by atoms with Gasteiger partial charge in [0.2, 0.25) is 18.6 Å². The van der Waals surface area contributed by atoms with Crippen molar-refractivity contribution in [3.8, 4) is 11.5 Å². The molecule has 2 aliphatic rings. The minimum absolute atomic E-state index is 0.00193. The maximum Gasteiger partial charge on any atom is 0.242 e. The van der Waals surface area contributed by atoms with Gasteiger partial charge in [-0.25, -0.2) is 0 Å². The third-order valence-corrected chi connectivity index (χ3v) is 6.61. The number of nitrogens with zero attached hydrogens (tertiary/aromatic N) is 2. The molecule has 2 amide bonds. The van der Waals surface area contributed by atoms with Crippen molar-refractivity contribution in [3.05, 3.63) is 45.6 Å². The molecule has 0 unspecified atom stereocenters. The van der Waals surface area contributed by atoms with Crippen molar-refractivity contribution >= 4 is 23.2 Å². The summed E-state index contributed by atoms with van der Waals surface area (Å²) < 4.78 is 10.9. The third-order valence-electron chi connectivity index (χ3n) is 5.60. The van der Waals surface area contributed by atoms with Gasteiger partial charge in [0.05, 0.1) is 6.54 Å². The van der Waals surface area contributed by atoms with E-state index in [2.05, 4.69) is 13.0 Å². The fourth-order valence-corrected chi connectivity index (χ4v) is 4.48. The van der Waals surface area contributed by atoms with Gasteiger partial charge in [0.1, 0.15) is 6.54 Å². The van der Waals surface area contributed by atoms with Crippen LogP contribution in [0.1, 0.15) is 42.7 Å². The van der Waals surface area contributed by atoms with Crippen molar-refractivity contribution in [1.82, 2.24) is 9.80 Å². The van der Waals surface area contributed by atoms with E-state index in [-0.39, 0.29) is 37.1 Å². The van der Waals surface area contributed by atoms with Crippen LogP contribution in [-0.2, 0) is 22.7 Å². The number of carbonyl (C=O) groups excluding carboxylic acids is 2. The van der Waals surface area contributed by atoms with Gasteiger partial charge >= 0.3 is 0 Å². The van der Waals surface area contributed by atoms with Gasteiger partial charge in [-0.15, -0.1) is 11.3 Å². The fourth-order valence-electron chi connectivity index (χ4n) is 3.56. The van der Waals surface area contributed by atoms with Crippen LogP contribution in [0.25, 0.3) is 0 Å². The van der Waals surface area contributed by atoms with E-state index in [9.17, 15) is 9.59 Å². The molecule has 2 heterocycles. The first-order valence-electron chi connectivity index (χ1n) is 10.4. The van der Waals surface area contributed by atoms with Crippen LogP contribution in [-0.4, -0.2) is 41.0 Å². The number of benzene rings is 1. The number of hydrogen-bond donors (Lipinski definition) is 0. The highest BCUT2D eigenvalue weighted by molar-refractivity contribution is 7.10. The van der Waals surface area contributed by atoms with E-state index in [0.717, 1.165) is 29.0 Å². The van der Waals surface area contributed by atoms with E-state index >= 15 is 0 Å². The minimum Gasteiger partial charge on any atom is -0.454 e. The Labute approximate surface area is 181 Å². The van der Waals surface area contributed by atoms with Gasteiger partial charge in [-0.2, -0.15) is 0 Å². The van der Waals surface area contributed by atoms with Crippen molar-refractivity contribution in [2.45, 2.75) is 52.7 Å². The molecule has 2 aromatic rings. The van der Waals surface area contributed by atoms with Gasteiger partial charge in [0, 0.05) is 23.4 Å². The van der Waals surface area contributed by atoms with E-state index in [0.29, 0.717) is 18.8 Å². The molecular formula is C23H28N2O4S. The Morgan fingerprint density at radius 1 is 1.13 bits per heavy atom. The van der Waals surface area contributed by atoms with Gasteiger partial charge in [-0.1, -0.05) is 6.07 Å². The highest BCUT2D eigenvalue weighted by atomic mass is 32.1. The Morgan fingerprint density at radius 2 is 1.90 bits per heavy atom. The van der Waals surface area contributed by atoms with Crippen molar-refractivity contribution in [2.24, 2.45) is 5.92 Å². The number of thiophene rings is 1. The first kappa shape index (κ1) is 20.7. The highest BCUT2D eigenvalue weighted by Crippen LogP contribution is 2.34. The fraction of sp³-hybridized carbons (Fsp3) is 0.478. The van der Waals surface area contributed by atoms with E-state index in [1.165, 1.54) is 5.56 Å². The molecule has 1 aromatic carbocycles. The maximum atomic E-state index is 13.4. The summed E-state index contributed by atoms with van der Waals surface area (Å²) in [6.07, 6.45) is 1.87. The molecule has 1 fully saturated rings. The van der Waals surface area contributed by atoms with E-state index < -0.39 is 0 Å². The molecule has 1 aliphatic heterocycles. The van der Waals surface area contributed by atoms with Gasteiger partial charge in [0.25, 0.3) is 0 Å². The van der Waals surface area contributed by atoms with Gasteiger partial charge < -0.3 is 19.3 Å². The summed E-state index contributed by atoms with van der Waals surface area (Å²) in [6.45, 7) is 7.32. The summed E-state index contributed by atoms with van der Waals surface area (Å²) in [7, 11) is 0. The van der Waals surface area contributed by atoms with Gasteiger partial charge in [-0.3, -0.25) is 9.59 Å². The first-order valence-corrected chi connectivity index (χ1v) is 11.3. The Morgan fingerprint density at radius 3 is 2.57 bits per heavy atom. The molecule has 7 heteroatoms. The predicted molar refractivity (Wildman–Crippen MR) is 115 cm³/mol. The maximum absolute atomic E-state index is 13.4. The second-order valence-electron chi connectivity index (χ2n) is 8.30. The molecule has 1 aromatic heterocycles. The van der Waals surface area contributed by atoms with Crippen molar-refractivity contribution in [1.29, 1.82) is 0 Å². The Hall–Kier alpha value is -2.54. The third kappa shape index (κ3) is 4.61. The summed E-state index contributed by atoms with van der Waals surface area (Å²) in [5.41, 5.74) is 2.16. The number of amides is 2. The number of hydrogen-bond acceptors (Lipinski definition) is 5. The topological polar surface area (TPSA) is 59.1 Å². The summed E-state index contributed by atoms with van der Waals surface area (Å²) >= 11 is 1.65. The smallest absolute Gasteiger partial charge is 0.242 e. The lowest BCUT2D eigenvalue weighted by molar-refractivity contribution is -0.143. The minimum atomic E-state index is -0.0387. The Balaban J connectivity index is 1.53. The van der Waals surface area contributed by atoms with Crippen molar-refractivity contribution in [2.75, 3.05) is 13.3 Å². The van der Waals surface area contributed by atoms with Gasteiger partial charge in [-0.05, 0) is 68.3 Å². The summed E-state index contributed by atoms with van der Waals surface area (Å²) in [4.78, 5) is 30.8. The molecule has 0 radical (unpaired) electrons. The zero-order valence-corrected chi connectivity index (χ0v) is 18.5. The predicted octanol–water partition coefficient (Wildman–Crippen LogP) is 3.96. The van der Waals surface area contributed by atoms with Crippen molar-refractivity contribution < 1.29 is 19.1 Å². The number of ether oxygens (including phenoxy) is 2. The molecule has 0 N–H and O–H groups in total. The van der Waals surface area contributed by atoms with Crippen LogP contribution in [0.4, 0.5) is 0 Å². The van der Waals surface area contributed by atoms with E-state index in [1.54, 1.807) is 16.2 Å². The van der Waals surface area contributed by atoms with Crippen LogP contribution in [0.3, 0.4) is 0 Å². The normalized spacial score (nSPS) is 14.8. The van der Waals surface area contributed by atoms with Crippen LogP contribution >= 0.6 is 11.3 Å². The lowest BCUT2D eigenvalue weighted by atomic mass is 10.1. The number of carbonyl (C=O) groups is 2. The first-order chi connectivity index (χ1) is 14.4. The molecule has 0 saturated heterocycles. The number of fused-ring (bicyclic) bond motifs is 1. The average Bonchev–Trinajstić information content (AvgIpc) is 3.34. The Kier molecular flexibility index (Phi) is 5.99. The van der Waals surface area contributed by atoms with E-state index in [4.69, 9.17) is 9.47 Å². The van der Waals surface area contributed by atoms with E-state index in [1.807, 2.05) is 42.3 Å². The molecular weight excluding hydrogens is 400 g/mol. The van der Waals surface area contributed by atoms with Crippen molar-refractivity contribution in [3.63, 3.8) is 0 Å². The molecule has 6 nitrogen and oxygen atoms in total. The van der Waals surface area contributed by atoms with Crippen LogP contribution in [0, 0.1) is 12.8 Å². The van der Waals surface area contributed by atoms with Crippen LogP contribution in [0.2, 0.25) is 0 Å². The Bertz CT molecular complexity index is 935. The van der Waals surface area contributed by atoms with Gasteiger partial charge in [0.15, 0.2) is 11.5 Å². The second kappa shape index (κ2) is 8.68. The second-order valence-corrected chi connectivity index (χ2v) is 9.30. The molecule has 0 atom stereocenters. The zero-order chi connectivity index (χ0) is 21.3. The summed E-state index contributed by atoms with van der Waals surface area (Å²) in [5, 5.41) is 2.05. The largest absolute Gasteiger partial charge is 0.454 e. The lowest BCUT2D eigenvalue weighted by Gasteiger charge is -2.30. The highest BCUT2D eigenvalue weighted by Gasteiger charge is 2.35. The lowest BCUT2D eigenvalue weighted by Crippen LogP contribution is -2.46. The quantitative estimate of drug-likeness (QED) is 0.639. The number of aryl methyl sites for hydroxylation is 1. The molecule has 1 aliphatic carbocycles. The molecule has 0 bridgehead atoms. The van der Waals surface area contributed by atoms with Crippen LogP contribution in [0.5, 0.6) is 11.5 Å². The molecule has 160 valence electrons. The monoisotopic (exact) mass is 428 g/mol. The molecule has 0 spiro atoms. The van der Waals surface area contributed by atoms with Crippen LogP contribution < -0.4 is 9.47 Å². The molecule has 4 rings (SSSR count). The standard InChI is InChI=1S/C23H28N2O4S/c1-15(2)25(23(27)18-5-6-18)13-22(26)24(12-21-16(3)8-9-30-21)11-17-4-7-19-20(10-17)29-14-28-19/h4,7-10,15,18H,5-6,11-14H2,1-3H3. The summed E-state index contributed by atoms with van der Waals surface area (Å²) in [6, 6.07) is 7.84. The zero-order valence-electron chi connectivity index (χ0n) is 17.7. The molecule has 30 heavy (non-hydrogen) atoms. The van der Waals surface area contributed by atoms with Crippen LogP contribution in [0.15, 0.2) is 29.6 Å². The number of rotatable bonds is 8. The molecule has 1 saturated carbocycles. The average molecular weight is 429 g/mol.